The molecule has 0 unspecified atom stereocenters. The molecular formula is C38H56S5. The molecule has 0 saturated carbocycles. The fourth-order valence-corrected chi connectivity index (χ4v) is 14.1. The largest absolute Gasteiger partial charge is 0.141 e. The molecule has 5 heteroatoms. The van der Waals surface area contributed by atoms with Gasteiger partial charge in [-0.2, -0.15) is 0 Å². The second kappa shape index (κ2) is 18.6. The number of hydrogen-bond donors (Lipinski definition) is 0. The molecule has 0 aromatic carbocycles. The van der Waals surface area contributed by atoms with E-state index in [1.54, 1.807) is 48.7 Å². The standard InChI is InChI=1S/C38H56S5/c1-3-5-7-9-11-13-15-17-19-21-23-25-29-27-39-33-31(29)41-37-35(33)43-36-34-32(42-38(36)37)30(28-40-34)26-24-22-20-18-16-14-12-10-8-6-4-2/h27-28H,3-26H2,1-2H3. The molecule has 0 bridgehead atoms. The SMILES string of the molecule is CCCCCCCCCCCCCc1csc2c1sc1c2sc2c3scc(CCCCCCCCCCCCC)c3sc21. The topological polar surface area (TPSA) is 0 Å². The molecule has 0 amide bonds. The van der Waals surface area contributed by atoms with Crippen LogP contribution in [0.2, 0.25) is 0 Å². The summed E-state index contributed by atoms with van der Waals surface area (Å²) >= 11 is 10.3. The maximum Gasteiger partial charge on any atom is 0.0651 e. The van der Waals surface area contributed by atoms with Crippen LogP contribution >= 0.6 is 56.7 Å². The number of aryl methyl sites for hydroxylation is 2. The van der Waals surface area contributed by atoms with Gasteiger partial charge in [0.1, 0.15) is 0 Å². The minimum atomic E-state index is 1.27. The van der Waals surface area contributed by atoms with Gasteiger partial charge in [-0.1, -0.05) is 142 Å². The van der Waals surface area contributed by atoms with Crippen molar-refractivity contribution in [3.63, 3.8) is 0 Å². The quantitative estimate of drug-likeness (QED) is 0.0572. The van der Waals surface area contributed by atoms with Crippen molar-refractivity contribution in [3.05, 3.63) is 21.9 Å². The van der Waals surface area contributed by atoms with E-state index in [1.165, 1.54) is 154 Å². The van der Waals surface area contributed by atoms with Crippen LogP contribution in [0.1, 0.15) is 166 Å². The van der Waals surface area contributed by atoms with Gasteiger partial charge in [-0.25, -0.2) is 0 Å². The molecule has 0 saturated heterocycles. The summed E-state index contributed by atoms with van der Waals surface area (Å²) in [6.45, 7) is 4.62. The molecular weight excluding hydrogens is 617 g/mol. The predicted molar refractivity (Wildman–Crippen MR) is 206 cm³/mol. The minimum Gasteiger partial charge on any atom is -0.141 e. The van der Waals surface area contributed by atoms with E-state index < -0.39 is 0 Å². The second-order valence-corrected chi connectivity index (χ2v) is 17.9. The van der Waals surface area contributed by atoms with Gasteiger partial charge in [0.25, 0.3) is 0 Å². The van der Waals surface area contributed by atoms with Gasteiger partial charge in [0.2, 0.25) is 0 Å². The third kappa shape index (κ3) is 9.31. The lowest BCUT2D eigenvalue weighted by Gasteiger charge is -2.02. The smallest absolute Gasteiger partial charge is 0.0651 e. The zero-order valence-corrected chi connectivity index (χ0v) is 31.2. The molecule has 0 aliphatic rings. The molecule has 0 N–H and O–H groups in total. The highest BCUT2D eigenvalue weighted by atomic mass is 32.1. The fourth-order valence-electron chi connectivity index (χ4n) is 6.70. The molecule has 5 aromatic heterocycles. The number of rotatable bonds is 24. The molecule has 0 radical (unpaired) electrons. The zero-order valence-electron chi connectivity index (χ0n) is 27.2. The summed E-state index contributed by atoms with van der Waals surface area (Å²) in [5.74, 6) is 0. The molecule has 0 aliphatic carbocycles. The Hall–Kier alpha value is -0.460. The lowest BCUT2D eigenvalue weighted by molar-refractivity contribution is 0.550. The lowest BCUT2D eigenvalue weighted by Crippen LogP contribution is -1.85. The normalized spacial score (nSPS) is 12.3. The number of fused-ring (bicyclic) bond motifs is 7. The van der Waals surface area contributed by atoms with Crippen molar-refractivity contribution >= 4 is 94.3 Å². The first-order chi connectivity index (χ1) is 21.3. The van der Waals surface area contributed by atoms with Crippen LogP contribution in [-0.2, 0) is 12.8 Å². The molecule has 0 aliphatic heterocycles. The van der Waals surface area contributed by atoms with Crippen molar-refractivity contribution in [1.29, 1.82) is 0 Å². The Bertz CT molecular complexity index is 1360. The second-order valence-electron chi connectivity index (χ2n) is 13.0. The summed E-state index contributed by atoms with van der Waals surface area (Å²) < 4.78 is 12.7. The van der Waals surface area contributed by atoms with Crippen molar-refractivity contribution in [2.45, 2.75) is 168 Å². The van der Waals surface area contributed by atoms with E-state index in [1.807, 2.05) is 22.7 Å². The summed E-state index contributed by atoms with van der Waals surface area (Å²) in [7, 11) is 0. The van der Waals surface area contributed by atoms with E-state index in [2.05, 4.69) is 58.6 Å². The predicted octanol–water partition coefficient (Wildman–Crippen LogP) is 16.3. The van der Waals surface area contributed by atoms with Crippen molar-refractivity contribution in [2.75, 3.05) is 0 Å². The molecule has 0 fully saturated rings. The number of thiophene rings is 5. The Kier molecular flexibility index (Phi) is 14.7. The molecule has 238 valence electrons. The van der Waals surface area contributed by atoms with Crippen LogP contribution in [0.15, 0.2) is 10.8 Å². The Morgan fingerprint density at radius 1 is 0.326 bits per heavy atom. The van der Waals surface area contributed by atoms with Crippen LogP contribution in [0.4, 0.5) is 0 Å². The van der Waals surface area contributed by atoms with Crippen LogP contribution < -0.4 is 0 Å². The van der Waals surface area contributed by atoms with E-state index in [0.29, 0.717) is 0 Å². The first kappa shape index (κ1) is 33.9. The summed E-state index contributed by atoms with van der Waals surface area (Å²) in [6.07, 6.45) is 33.9. The number of unbranched alkanes of at least 4 members (excludes halogenated alkanes) is 20. The molecule has 5 aromatic rings. The third-order valence-corrected chi connectivity index (χ3v) is 16.2. The molecule has 5 heterocycles. The molecule has 5 rings (SSSR count). The molecule has 0 spiro atoms. The van der Waals surface area contributed by atoms with E-state index >= 15 is 0 Å². The van der Waals surface area contributed by atoms with E-state index in [0.717, 1.165) is 0 Å². The van der Waals surface area contributed by atoms with Gasteiger partial charge in [0.05, 0.1) is 37.6 Å². The first-order valence-corrected chi connectivity index (χ1v) is 22.3. The van der Waals surface area contributed by atoms with Crippen molar-refractivity contribution in [1.82, 2.24) is 0 Å². The minimum absolute atomic E-state index is 1.27. The molecule has 43 heavy (non-hydrogen) atoms. The summed E-state index contributed by atoms with van der Waals surface area (Å²) in [4.78, 5) is 0. The maximum atomic E-state index is 2.48. The van der Waals surface area contributed by atoms with Crippen molar-refractivity contribution in [3.8, 4) is 0 Å². The third-order valence-electron chi connectivity index (χ3n) is 9.38. The lowest BCUT2D eigenvalue weighted by atomic mass is 10.0. The Morgan fingerprint density at radius 2 is 0.605 bits per heavy atom. The van der Waals surface area contributed by atoms with Crippen LogP contribution in [0.3, 0.4) is 0 Å². The summed E-state index contributed by atoms with van der Waals surface area (Å²) in [5.41, 5.74) is 3.26. The molecule has 0 atom stereocenters. The van der Waals surface area contributed by atoms with Crippen LogP contribution in [-0.4, -0.2) is 0 Å². The van der Waals surface area contributed by atoms with Gasteiger partial charge in [0.15, 0.2) is 0 Å². The Balaban J connectivity index is 1.06. The highest BCUT2D eigenvalue weighted by Crippen LogP contribution is 2.53. The maximum absolute atomic E-state index is 2.48. The highest BCUT2D eigenvalue weighted by Gasteiger charge is 2.21. The van der Waals surface area contributed by atoms with Gasteiger partial charge < -0.3 is 0 Å². The van der Waals surface area contributed by atoms with E-state index in [9.17, 15) is 0 Å². The molecule has 0 nitrogen and oxygen atoms in total. The Labute approximate surface area is 282 Å². The Morgan fingerprint density at radius 3 is 0.953 bits per heavy atom. The summed E-state index contributed by atoms with van der Waals surface area (Å²) in [6, 6.07) is 0. The van der Waals surface area contributed by atoms with Crippen LogP contribution in [0, 0.1) is 0 Å². The van der Waals surface area contributed by atoms with Crippen molar-refractivity contribution in [2.24, 2.45) is 0 Å². The zero-order chi connectivity index (χ0) is 29.7. The van der Waals surface area contributed by atoms with E-state index in [4.69, 9.17) is 0 Å². The van der Waals surface area contributed by atoms with Crippen LogP contribution in [0.5, 0.6) is 0 Å². The summed E-state index contributed by atoms with van der Waals surface area (Å²) in [5, 5.41) is 4.97. The first-order valence-electron chi connectivity index (χ1n) is 18.1. The van der Waals surface area contributed by atoms with Crippen molar-refractivity contribution < 1.29 is 0 Å². The van der Waals surface area contributed by atoms with Gasteiger partial charge in [-0.05, 0) is 47.6 Å². The van der Waals surface area contributed by atoms with E-state index in [-0.39, 0.29) is 0 Å². The average molecular weight is 673 g/mol. The van der Waals surface area contributed by atoms with Gasteiger partial charge >= 0.3 is 0 Å². The van der Waals surface area contributed by atoms with Gasteiger partial charge in [-0.3, -0.25) is 0 Å². The average Bonchev–Trinajstić information content (AvgIpc) is 3.81. The fraction of sp³-hybridized carbons (Fsp3) is 0.684. The monoisotopic (exact) mass is 672 g/mol. The van der Waals surface area contributed by atoms with Crippen LogP contribution in [0.25, 0.3) is 37.6 Å². The van der Waals surface area contributed by atoms with Gasteiger partial charge in [-0.15, -0.1) is 56.7 Å². The van der Waals surface area contributed by atoms with Gasteiger partial charge in [0, 0.05) is 0 Å². The highest BCUT2D eigenvalue weighted by molar-refractivity contribution is 7.47. The number of hydrogen-bond acceptors (Lipinski definition) is 5.